The van der Waals surface area contributed by atoms with Crippen LogP contribution in [0.5, 0.6) is 11.5 Å². The Hall–Kier alpha value is -1.52. The first-order valence-corrected chi connectivity index (χ1v) is 7.69. The number of hydrogen-bond donors (Lipinski definition) is 1. The molecule has 2 aromatic rings. The molecule has 0 atom stereocenters. The van der Waals surface area contributed by atoms with Gasteiger partial charge in [0.15, 0.2) is 5.75 Å². The first kappa shape index (κ1) is 15.9. The highest BCUT2D eigenvalue weighted by Gasteiger charge is 2.08. The van der Waals surface area contributed by atoms with Gasteiger partial charge in [-0.1, -0.05) is 24.6 Å². The lowest BCUT2D eigenvalue weighted by molar-refractivity contribution is 0.468. The number of hydrogen-bond acceptors (Lipinski definition) is 3. The van der Waals surface area contributed by atoms with E-state index in [1.807, 2.05) is 29.1 Å². The minimum absolute atomic E-state index is 0.312. The third-order valence-corrected chi connectivity index (χ3v) is 3.34. The highest BCUT2D eigenvalue weighted by Crippen LogP contribution is 2.28. The van der Waals surface area contributed by atoms with Crippen LogP contribution in [0.3, 0.4) is 0 Å². The van der Waals surface area contributed by atoms with E-state index >= 15 is 0 Å². The van der Waals surface area contributed by atoms with Crippen LogP contribution in [-0.4, -0.2) is 16.3 Å². The number of halogens is 1. The smallest absolute Gasteiger partial charge is 0.165 e. The average molecular weight is 308 g/mol. The lowest BCUT2D eigenvalue weighted by Gasteiger charge is -2.11. The van der Waals surface area contributed by atoms with Crippen LogP contribution < -0.4 is 10.1 Å². The van der Waals surface area contributed by atoms with Gasteiger partial charge < -0.3 is 10.1 Å². The zero-order valence-corrected chi connectivity index (χ0v) is 13.5. The van der Waals surface area contributed by atoms with Crippen LogP contribution in [-0.2, 0) is 6.54 Å². The van der Waals surface area contributed by atoms with Gasteiger partial charge in [-0.3, -0.25) is 4.68 Å². The molecule has 0 amide bonds. The molecule has 0 aliphatic rings. The van der Waals surface area contributed by atoms with Crippen LogP contribution in [0.2, 0.25) is 5.02 Å². The lowest BCUT2D eigenvalue weighted by Crippen LogP contribution is -2.14. The normalized spacial score (nSPS) is 11.1. The van der Waals surface area contributed by atoms with Gasteiger partial charge >= 0.3 is 0 Å². The molecular weight excluding hydrogens is 286 g/mol. The van der Waals surface area contributed by atoms with Crippen molar-refractivity contribution >= 4 is 11.6 Å². The summed E-state index contributed by atoms with van der Waals surface area (Å²) in [5, 5.41) is 8.33. The van der Waals surface area contributed by atoms with Gasteiger partial charge in [0.25, 0.3) is 0 Å². The third kappa shape index (κ3) is 4.48. The van der Waals surface area contributed by atoms with Gasteiger partial charge in [0, 0.05) is 23.2 Å². The van der Waals surface area contributed by atoms with Crippen molar-refractivity contribution in [1.82, 2.24) is 15.1 Å². The van der Waals surface area contributed by atoms with Crippen molar-refractivity contribution in [1.29, 1.82) is 0 Å². The summed E-state index contributed by atoms with van der Waals surface area (Å²) in [4.78, 5) is 0. The summed E-state index contributed by atoms with van der Waals surface area (Å²) in [6.45, 7) is 8.05. The van der Waals surface area contributed by atoms with Gasteiger partial charge in [-0.05, 0) is 38.9 Å². The first-order chi connectivity index (χ1) is 10.1. The summed E-state index contributed by atoms with van der Waals surface area (Å²) in [7, 11) is 0. The number of aromatic nitrogens is 2. The fourth-order valence-electron chi connectivity index (χ4n) is 1.95. The molecule has 0 saturated heterocycles. The van der Waals surface area contributed by atoms with Crippen LogP contribution in [0, 0.1) is 0 Å². The van der Waals surface area contributed by atoms with Crippen LogP contribution in [0.4, 0.5) is 0 Å². The summed E-state index contributed by atoms with van der Waals surface area (Å²) >= 11 is 6.08. The van der Waals surface area contributed by atoms with Crippen molar-refractivity contribution in [2.75, 3.05) is 6.54 Å². The van der Waals surface area contributed by atoms with Gasteiger partial charge in [-0.2, -0.15) is 5.10 Å². The molecule has 5 heteroatoms. The van der Waals surface area contributed by atoms with Crippen molar-refractivity contribution in [3.63, 3.8) is 0 Å². The summed E-state index contributed by atoms with van der Waals surface area (Å²) < 4.78 is 7.81. The van der Waals surface area contributed by atoms with Gasteiger partial charge in [0.1, 0.15) is 5.75 Å². The standard InChI is InChI=1S/C16H22ClN3O/c1-4-7-18-9-13-5-6-14(17)8-16(13)21-15-10-19-20(11-15)12(2)3/h5-6,8,10-12,18H,4,7,9H2,1-3H3. The summed E-state index contributed by atoms with van der Waals surface area (Å²) in [5.74, 6) is 1.50. The Balaban J connectivity index is 2.14. The number of nitrogens with one attached hydrogen (secondary N) is 1. The molecule has 0 saturated carbocycles. The molecule has 2 rings (SSSR count). The number of benzene rings is 1. The highest BCUT2D eigenvalue weighted by molar-refractivity contribution is 6.30. The Labute approximate surface area is 131 Å². The van der Waals surface area contributed by atoms with E-state index in [2.05, 4.69) is 31.2 Å². The minimum Gasteiger partial charge on any atom is -0.454 e. The molecule has 0 fully saturated rings. The minimum atomic E-state index is 0.312. The van der Waals surface area contributed by atoms with Gasteiger partial charge in [-0.15, -0.1) is 0 Å². The lowest BCUT2D eigenvalue weighted by atomic mass is 10.2. The molecule has 1 aromatic carbocycles. The van der Waals surface area contributed by atoms with Crippen LogP contribution >= 0.6 is 11.6 Å². The Morgan fingerprint density at radius 2 is 2.19 bits per heavy atom. The second kappa shape index (κ2) is 7.48. The van der Waals surface area contributed by atoms with Crippen molar-refractivity contribution in [2.45, 2.75) is 39.8 Å². The molecule has 0 bridgehead atoms. The van der Waals surface area contributed by atoms with E-state index in [1.54, 1.807) is 6.20 Å². The molecule has 0 radical (unpaired) electrons. The molecule has 1 aromatic heterocycles. The second-order valence-electron chi connectivity index (χ2n) is 5.28. The largest absolute Gasteiger partial charge is 0.454 e. The maximum atomic E-state index is 6.08. The number of ether oxygens (including phenoxy) is 1. The molecule has 0 aliphatic carbocycles. The second-order valence-corrected chi connectivity index (χ2v) is 5.72. The average Bonchev–Trinajstić information content (AvgIpc) is 2.90. The van der Waals surface area contributed by atoms with Crippen molar-refractivity contribution < 1.29 is 4.74 Å². The molecule has 0 spiro atoms. The number of rotatable bonds is 7. The van der Waals surface area contributed by atoms with E-state index in [0.29, 0.717) is 11.1 Å². The predicted molar refractivity (Wildman–Crippen MR) is 86.1 cm³/mol. The van der Waals surface area contributed by atoms with Gasteiger partial charge in [0.2, 0.25) is 0 Å². The van der Waals surface area contributed by atoms with Crippen molar-refractivity contribution in [3.8, 4) is 11.5 Å². The van der Waals surface area contributed by atoms with Crippen molar-refractivity contribution in [3.05, 3.63) is 41.2 Å². The quantitative estimate of drug-likeness (QED) is 0.770. The molecule has 114 valence electrons. The predicted octanol–water partition coefficient (Wildman–Crippen LogP) is 4.41. The number of nitrogens with zero attached hydrogens (tertiary/aromatic N) is 2. The van der Waals surface area contributed by atoms with E-state index in [-0.39, 0.29) is 0 Å². The van der Waals surface area contributed by atoms with Gasteiger partial charge in [-0.25, -0.2) is 0 Å². The first-order valence-electron chi connectivity index (χ1n) is 7.31. The fourth-order valence-corrected chi connectivity index (χ4v) is 2.11. The fraction of sp³-hybridized carbons (Fsp3) is 0.438. The third-order valence-electron chi connectivity index (χ3n) is 3.11. The molecule has 21 heavy (non-hydrogen) atoms. The molecule has 0 aliphatic heterocycles. The highest BCUT2D eigenvalue weighted by atomic mass is 35.5. The van der Waals surface area contributed by atoms with E-state index in [0.717, 1.165) is 36.6 Å². The monoisotopic (exact) mass is 307 g/mol. The van der Waals surface area contributed by atoms with E-state index < -0.39 is 0 Å². The maximum Gasteiger partial charge on any atom is 0.165 e. The molecular formula is C16H22ClN3O. The Morgan fingerprint density at radius 3 is 2.86 bits per heavy atom. The Bertz CT molecular complexity index is 581. The maximum absolute atomic E-state index is 6.08. The topological polar surface area (TPSA) is 39.1 Å². The molecule has 1 N–H and O–H groups in total. The Kier molecular flexibility index (Phi) is 5.65. The summed E-state index contributed by atoms with van der Waals surface area (Å²) in [6, 6.07) is 6.03. The molecule has 0 unspecified atom stereocenters. The van der Waals surface area contributed by atoms with Crippen LogP contribution in [0.1, 0.15) is 38.8 Å². The molecule has 4 nitrogen and oxygen atoms in total. The zero-order valence-electron chi connectivity index (χ0n) is 12.8. The Morgan fingerprint density at radius 1 is 1.38 bits per heavy atom. The zero-order chi connectivity index (χ0) is 15.2. The van der Waals surface area contributed by atoms with Gasteiger partial charge in [0.05, 0.1) is 12.4 Å². The van der Waals surface area contributed by atoms with E-state index in [1.165, 1.54) is 0 Å². The van der Waals surface area contributed by atoms with Crippen molar-refractivity contribution in [2.24, 2.45) is 0 Å². The summed E-state index contributed by atoms with van der Waals surface area (Å²) in [6.07, 6.45) is 4.73. The SMILES string of the molecule is CCCNCc1ccc(Cl)cc1Oc1cnn(C(C)C)c1. The molecule has 1 heterocycles. The van der Waals surface area contributed by atoms with E-state index in [4.69, 9.17) is 16.3 Å². The van der Waals surface area contributed by atoms with Crippen LogP contribution in [0.15, 0.2) is 30.6 Å². The van der Waals surface area contributed by atoms with Crippen LogP contribution in [0.25, 0.3) is 0 Å². The van der Waals surface area contributed by atoms with E-state index in [9.17, 15) is 0 Å². The summed E-state index contributed by atoms with van der Waals surface area (Å²) in [5.41, 5.74) is 1.09.